The summed E-state index contributed by atoms with van der Waals surface area (Å²) in [6.45, 7) is 4.90. The SMILES string of the molecule is CN1CCN(C)C(CNCc2cccc(C(=O)O)c2)C1. The lowest BCUT2D eigenvalue weighted by Crippen LogP contribution is -2.53. The molecule has 0 saturated carbocycles. The van der Waals surface area contributed by atoms with Crippen molar-refractivity contribution >= 4 is 5.97 Å². The molecule has 1 aliphatic rings. The molecule has 1 fully saturated rings. The van der Waals surface area contributed by atoms with Crippen molar-refractivity contribution in [3.63, 3.8) is 0 Å². The molecular weight excluding hydrogens is 254 g/mol. The summed E-state index contributed by atoms with van der Waals surface area (Å²) in [4.78, 5) is 15.6. The van der Waals surface area contributed by atoms with Crippen molar-refractivity contribution < 1.29 is 9.90 Å². The van der Waals surface area contributed by atoms with Crippen LogP contribution in [-0.2, 0) is 6.54 Å². The molecular formula is C15H23N3O2. The molecule has 0 bridgehead atoms. The predicted octanol–water partition coefficient (Wildman–Crippen LogP) is 0.720. The number of benzene rings is 1. The number of carboxylic acid groups (broad SMARTS) is 1. The van der Waals surface area contributed by atoms with E-state index in [-0.39, 0.29) is 0 Å². The molecule has 0 aliphatic carbocycles. The predicted molar refractivity (Wildman–Crippen MR) is 79.0 cm³/mol. The van der Waals surface area contributed by atoms with Gasteiger partial charge in [-0.05, 0) is 31.8 Å². The molecule has 5 nitrogen and oxygen atoms in total. The van der Waals surface area contributed by atoms with Crippen molar-refractivity contribution in [2.45, 2.75) is 12.6 Å². The molecule has 0 spiro atoms. The van der Waals surface area contributed by atoms with Crippen LogP contribution in [0, 0.1) is 0 Å². The topological polar surface area (TPSA) is 55.8 Å². The second-order valence-corrected chi connectivity index (χ2v) is 5.53. The monoisotopic (exact) mass is 277 g/mol. The van der Waals surface area contributed by atoms with Crippen LogP contribution in [0.4, 0.5) is 0 Å². The Morgan fingerprint density at radius 3 is 2.95 bits per heavy atom. The van der Waals surface area contributed by atoms with Gasteiger partial charge in [-0.2, -0.15) is 0 Å². The summed E-state index contributed by atoms with van der Waals surface area (Å²) < 4.78 is 0. The first-order valence-corrected chi connectivity index (χ1v) is 6.98. The highest BCUT2D eigenvalue weighted by molar-refractivity contribution is 5.87. The second kappa shape index (κ2) is 6.83. The van der Waals surface area contributed by atoms with Crippen LogP contribution in [-0.4, -0.2) is 67.2 Å². The van der Waals surface area contributed by atoms with Crippen LogP contribution in [0.15, 0.2) is 24.3 Å². The van der Waals surface area contributed by atoms with E-state index in [0.29, 0.717) is 18.2 Å². The van der Waals surface area contributed by atoms with Crippen molar-refractivity contribution in [3.05, 3.63) is 35.4 Å². The van der Waals surface area contributed by atoms with E-state index in [9.17, 15) is 4.79 Å². The fraction of sp³-hybridized carbons (Fsp3) is 0.533. The second-order valence-electron chi connectivity index (χ2n) is 5.53. The minimum Gasteiger partial charge on any atom is -0.478 e. The van der Waals surface area contributed by atoms with E-state index < -0.39 is 5.97 Å². The van der Waals surface area contributed by atoms with Crippen molar-refractivity contribution in [1.29, 1.82) is 0 Å². The first-order valence-electron chi connectivity index (χ1n) is 6.98. The van der Waals surface area contributed by atoms with Crippen molar-refractivity contribution in [2.75, 3.05) is 40.3 Å². The summed E-state index contributed by atoms with van der Waals surface area (Å²) in [5.41, 5.74) is 1.36. The van der Waals surface area contributed by atoms with Gasteiger partial charge >= 0.3 is 5.97 Å². The Bertz CT molecular complexity index is 464. The Morgan fingerprint density at radius 1 is 1.40 bits per heavy atom. The molecule has 110 valence electrons. The van der Waals surface area contributed by atoms with Crippen LogP contribution in [0.25, 0.3) is 0 Å². The fourth-order valence-corrected chi connectivity index (χ4v) is 2.52. The Hall–Kier alpha value is -1.43. The quantitative estimate of drug-likeness (QED) is 0.830. The number of nitrogens with one attached hydrogen (secondary N) is 1. The molecule has 2 N–H and O–H groups in total. The molecule has 1 atom stereocenters. The third kappa shape index (κ3) is 4.03. The zero-order chi connectivity index (χ0) is 14.5. The summed E-state index contributed by atoms with van der Waals surface area (Å²) >= 11 is 0. The minimum absolute atomic E-state index is 0.346. The number of nitrogens with zero attached hydrogens (tertiary/aromatic N) is 2. The Morgan fingerprint density at radius 2 is 2.20 bits per heavy atom. The van der Waals surface area contributed by atoms with E-state index in [0.717, 1.165) is 31.7 Å². The first-order chi connectivity index (χ1) is 9.56. The first kappa shape index (κ1) is 15.0. The van der Waals surface area contributed by atoms with Crippen LogP contribution in [0.3, 0.4) is 0 Å². The van der Waals surface area contributed by atoms with Gasteiger partial charge in [-0.25, -0.2) is 4.79 Å². The van der Waals surface area contributed by atoms with E-state index in [1.165, 1.54) is 0 Å². The summed E-state index contributed by atoms with van der Waals surface area (Å²) in [7, 11) is 4.31. The highest BCUT2D eigenvalue weighted by Crippen LogP contribution is 2.07. The van der Waals surface area contributed by atoms with Crippen LogP contribution < -0.4 is 5.32 Å². The zero-order valence-electron chi connectivity index (χ0n) is 12.2. The number of piperazine rings is 1. The molecule has 0 amide bonds. The smallest absolute Gasteiger partial charge is 0.335 e. The van der Waals surface area contributed by atoms with Crippen LogP contribution in [0.5, 0.6) is 0 Å². The van der Waals surface area contributed by atoms with Crippen molar-refractivity contribution in [2.24, 2.45) is 0 Å². The van der Waals surface area contributed by atoms with Gasteiger partial charge in [0.05, 0.1) is 5.56 Å². The average Bonchev–Trinajstić information content (AvgIpc) is 2.43. The number of carbonyl (C=O) groups is 1. The third-order valence-corrected chi connectivity index (χ3v) is 3.86. The van der Waals surface area contributed by atoms with Gasteiger partial charge in [-0.3, -0.25) is 4.90 Å². The van der Waals surface area contributed by atoms with Gasteiger partial charge in [0.2, 0.25) is 0 Å². The van der Waals surface area contributed by atoms with E-state index >= 15 is 0 Å². The molecule has 1 heterocycles. The summed E-state index contributed by atoms with van der Waals surface area (Å²) in [6, 6.07) is 7.61. The van der Waals surface area contributed by atoms with Gasteiger partial charge in [0.25, 0.3) is 0 Å². The fourth-order valence-electron chi connectivity index (χ4n) is 2.52. The Labute approximate surface area is 120 Å². The summed E-state index contributed by atoms with van der Waals surface area (Å²) in [5.74, 6) is -0.875. The maximum absolute atomic E-state index is 10.9. The highest BCUT2D eigenvalue weighted by Gasteiger charge is 2.21. The summed E-state index contributed by atoms with van der Waals surface area (Å²) in [5, 5.41) is 12.4. The molecule has 1 aromatic rings. The molecule has 1 aromatic carbocycles. The number of hydrogen-bond donors (Lipinski definition) is 2. The van der Waals surface area contributed by atoms with Crippen molar-refractivity contribution in [3.8, 4) is 0 Å². The number of likely N-dealkylation sites (N-methyl/N-ethyl adjacent to an activating group) is 2. The molecule has 0 radical (unpaired) electrons. The van der Waals surface area contributed by atoms with E-state index in [4.69, 9.17) is 5.11 Å². The summed E-state index contributed by atoms with van der Waals surface area (Å²) in [6.07, 6.45) is 0. The molecule has 5 heteroatoms. The molecule has 20 heavy (non-hydrogen) atoms. The van der Waals surface area contributed by atoms with Crippen LogP contribution in [0.2, 0.25) is 0 Å². The molecule has 2 rings (SSSR count). The van der Waals surface area contributed by atoms with Gasteiger partial charge in [-0.1, -0.05) is 12.1 Å². The number of hydrogen-bond acceptors (Lipinski definition) is 4. The normalized spacial score (nSPS) is 21.0. The van der Waals surface area contributed by atoms with Crippen LogP contribution >= 0.6 is 0 Å². The van der Waals surface area contributed by atoms with E-state index in [2.05, 4.69) is 29.2 Å². The van der Waals surface area contributed by atoms with Crippen molar-refractivity contribution in [1.82, 2.24) is 15.1 Å². The molecule has 1 aliphatic heterocycles. The minimum atomic E-state index is -0.875. The standard InChI is InChI=1S/C15H23N3O2/c1-17-6-7-18(2)14(11-17)10-16-9-12-4-3-5-13(8-12)15(19)20/h3-5,8,14,16H,6-7,9-11H2,1-2H3,(H,19,20). The van der Waals surface area contributed by atoms with Gasteiger partial charge in [-0.15, -0.1) is 0 Å². The highest BCUT2D eigenvalue weighted by atomic mass is 16.4. The number of aromatic carboxylic acids is 1. The van der Waals surface area contributed by atoms with E-state index in [1.54, 1.807) is 18.2 Å². The maximum atomic E-state index is 10.9. The van der Waals surface area contributed by atoms with Crippen LogP contribution in [0.1, 0.15) is 15.9 Å². The zero-order valence-corrected chi connectivity index (χ0v) is 12.2. The molecule has 1 saturated heterocycles. The third-order valence-electron chi connectivity index (χ3n) is 3.86. The number of rotatable bonds is 5. The van der Waals surface area contributed by atoms with Gasteiger partial charge in [0.15, 0.2) is 0 Å². The number of carboxylic acids is 1. The average molecular weight is 277 g/mol. The molecule has 1 unspecified atom stereocenters. The Kier molecular flexibility index (Phi) is 5.11. The Balaban J connectivity index is 1.83. The van der Waals surface area contributed by atoms with Gasteiger partial charge in [0.1, 0.15) is 0 Å². The van der Waals surface area contributed by atoms with Gasteiger partial charge < -0.3 is 15.3 Å². The lowest BCUT2D eigenvalue weighted by Gasteiger charge is -2.37. The lowest BCUT2D eigenvalue weighted by atomic mass is 10.1. The van der Waals surface area contributed by atoms with E-state index in [1.807, 2.05) is 6.07 Å². The largest absolute Gasteiger partial charge is 0.478 e. The molecule has 0 aromatic heterocycles. The lowest BCUT2D eigenvalue weighted by molar-refractivity contribution is 0.0696. The maximum Gasteiger partial charge on any atom is 0.335 e. The van der Waals surface area contributed by atoms with Gasteiger partial charge in [0, 0.05) is 38.8 Å².